The summed E-state index contributed by atoms with van der Waals surface area (Å²) in [6.45, 7) is 4.36. The number of sulfonamides is 1. The lowest BCUT2D eigenvalue weighted by atomic mass is 10.0. The number of aliphatic imine (C=N–C) groups is 1. The zero-order valence-electron chi connectivity index (χ0n) is 16.8. The number of hydrogen-bond donors (Lipinski definition) is 2. The van der Waals surface area contributed by atoms with Crippen LogP contribution >= 0.6 is 24.0 Å². The number of halogens is 1. The topological polar surface area (TPSA) is 87.8 Å². The van der Waals surface area contributed by atoms with E-state index in [4.69, 9.17) is 5.73 Å². The molecule has 2 aromatic rings. The molecule has 0 heterocycles. The molecular weight excluding hydrogens is 487 g/mol. The lowest BCUT2D eigenvalue weighted by Gasteiger charge is -2.16. The summed E-state index contributed by atoms with van der Waals surface area (Å²) in [6.07, 6.45) is 1.76. The van der Waals surface area contributed by atoms with Gasteiger partial charge in [-0.05, 0) is 35.6 Å². The standard InChI is InChI=1S/C20H28N4O2S.HI/c1-5-15-11-9-12-16(6-2)19(15)23-20(21)22-14-17-10-7-8-13-18(17)27(25,26)24(3)4;/h7-13H,5-6,14H2,1-4H3,(H3,21,22,23);1H. The van der Waals surface area contributed by atoms with Gasteiger partial charge in [0.05, 0.1) is 11.4 Å². The van der Waals surface area contributed by atoms with Crippen molar-refractivity contribution >= 4 is 45.6 Å². The van der Waals surface area contributed by atoms with Crippen LogP contribution in [0.1, 0.15) is 30.5 Å². The fourth-order valence-corrected chi connectivity index (χ4v) is 3.93. The highest BCUT2D eigenvalue weighted by molar-refractivity contribution is 14.0. The highest BCUT2D eigenvalue weighted by atomic mass is 127. The SMILES string of the molecule is CCc1cccc(CC)c1NC(N)=NCc1ccccc1S(=O)(=O)N(C)C.I. The van der Waals surface area contributed by atoms with Gasteiger partial charge in [0.15, 0.2) is 5.96 Å². The van der Waals surface area contributed by atoms with Gasteiger partial charge in [0, 0.05) is 19.8 Å². The first-order valence-electron chi connectivity index (χ1n) is 8.99. The average molecular weight is 516 g/mol. The van der Waals surface area contributed by atoms with Crippen molar-refractivity contribution in [2.75, 3.05) is 19.4 Å². The van der Waals surface area contributed by atoms with Crippen molar-refractivity contribution in [1.29, 1.82) is 0 Å². The first kappa shape index (κ1) is 24.4. The van der Waals surface area contributed by atoms with E-state index in [2.05, 4.69) is 36.3 Å². The van der Waals surface area contributed by atoms with Crippen molar-refractivity contribution in [3.8, 4) is 0 Å². The fourth-order valence-electron chi connectivity index (χ4n) is 2.82. The van der Waals surface area contributed by atoms with E-state index < -0.39 is 10.0 Å². The number of guanidine groups is 1. The molecule has 0 aliphatic rings. The molecule has 6 nitrogen and oxygen atoms in total. The molecule has 2 aromatic carbocycles. The van der Waals surface area contributed by atoms with Gasteiger partial charge >= 0.3 is 0 Å². The van der Waals surface area contributed by atoms with E-state index >= 15 is 0 Å². The van der Waals surface area contributed by atoms with E-state index in [0.717, 1.165) is 18.5 Å². The molecule has 8 heteroatoms. The second kappa shape index (κ2) is 10.8. The Morgan fingerprint density at radius 1 is 1.00 bits per heavy atom. The lowest BCUT2D eigenvalue weighted by Crippen LogP contribution is -2.25. The van der Waals surface area contributed by atoms with Gasteiger partial charge < -0.3 is 11.1 Å². The predicted molar refractivity (Wildman–Crippen MR) is 127 cm³/mol. The molecular formula is C20H29IN4O2S. The van der Waals surface area contributed by atoms with Crippen LogP contribution in [-0.4, -0.2) is 32.8 Å². The largest absolute Gasteiger partial charge is 0.370 e. The lowest BCUT2D eigenvalue weighted by molar-refractivity contribution is 0.519. The summed E-state index contributed by atoms with van der Waals surface area (Å²) < 4.78 is 26.2. The van der Waals surface area contributed by atoms with Gasteiger partial charge in [-0.25, -0.2) is 17.7 Å². The Labute approximate surface area is 185 Å². The number of hydrogen-bond acceptors (Lipinski definition) is 3. The number of anilines is 1. The van der Waals surface area contributed by atoms with Crippen LogP contribution in [-0.2, 0) is 29.4 Å². The molecule has 0 radical (unpaired) electrons. The van der Waals surface area contributed by atoms with Crippen LogP contribution in [0.4, 0.5) is 5.69 Å². The van der Waals surface area contributed by atoms with Crippen molar-refractivity contribution < 1.29 is 8.42 Å². The normalized spacial score (nSPS) is 12.0. The van der Waals surface area contributed by atoms with E-state index in [9.17, 15) is 8.42 Å². The van der Waals surface area contributed by atoms with Crippen LogP contribution in [0.25, 0.3) is 0 Å². The predicted octanol–water partition coefficient (Wildman–Crippen LogP) is 3.61. The molecule has 0 amide bonds. The van der Waals surface area contributed by atoms with Crippen molar-refractivity contribution in [1.82, 2.24) is 4.31 Å². The van der Waals surface area contributed by atoms with Crippen LogP contribution in [0.3, 0.4) is 0 Å². The summed E-state index contributed by atoms with van der Waals surface area (Å²) >= 11 is 0. The first-order chi connectivity index (χ1) is 12.8. The van der Waals surface area contributed by atoms with E-state index in [1.165, 1.54) is 29.5 Å². The monoisotopic (exact) mass is 516 g/mol. The van der Waals surface area contributed by atoms with E-state index in [-0.39, 0.29) is 41.4 Å². The molecule has 154 valence electrons. The molecule has 28 heavy (non-hydrogen) atoms. The summed E-state index contributed by atoms with van der Waals surface area (Å²) in [7, 11) is -0.507. The number of para-hydroxylation sites is 1. The van der Waals surface area contributed by atoms with Crippen LogP contribution in [0.2, 0.25) is 0 Å². The zero-order chi connectivity index (χ0) is 20.0. The number of aryl methyl sites for hydroxylation is 2. The Morgan fingerprint density at radius 2 is 1.54 bits per heavy atom. The fraction of sp³-hybridized carbons (Fsp3) is 0.350. The molecule has 0 unspecified atom stereocenters. The average Bonchev–Trinajstić information content (AvgIpc) is 2.66. The smallest absolute Gasteiger partial charge is 0.242 e. The quantitative estimate of drug-likeness (QED) is 0.335. The van der Waals surface area contributed by atoms with Crippen molar-refractivity contribution in [3.05, 3.63) is 59.2 Å². The maximum absolute atomic E-state index is 12.5. The maximum atomic E-state index is 12.5. The summed E-state index contributed by atoms with van der Waals surface area (Å²) in [5.41, 5.74) is 10.0. The van der Waals surface area contributed by atoms with Gasteiger partial charge in [0.25, 0.3) is 0 Å². The van der Waals surface area contributed by atoms with Crippen molar-refractivity contribution in [2.24, 2.45) is 10.7 Å². The number of rotatable bonds is 7. The summed E-state index contributed by atoms with van der Waals surface area (Å²) in [4.78, 5) is 4.62. The molecule has 0 bridgehead atoms. The highest BCUT2D eigenvalue weighted by Crippen LogP contribution is 2.23. The summed E-state index contributed by atoms with van der Waals surface area (Å²) in [5, 5.41) is 3.20. The summed E-state index contributed by atoms with van der Waals surface area (Å²) in [5.74, 6) is 0.266. The Morgan fingerprint density at radius 3 is 2.07 bits per heavy atom. The summed E-state index contributed by atoms with van der Waals surface area (Å²) in [6, 6.07) is 13.0. The molecule has 0 aliphatic heterocycles. The first-order valence-corrected chi connectivity index (χ1v) is 10.4. The molecule has 0 atom stereocenters. The highest BCUT2D eigenvalue weighted by Gasteiger charge is 2.20. The Hall–Kier alpha value is -1.65. The number of nitrogens with two attached hydrogens (primary N) is 1. The molecule has 0 saturated carbocycles. The third-order valence-corrected chi connectivity index (χ3v) is 6.32. The van der Waals surface area contributed by atoms with Gasteiger partial charge in [0.2, 0.25) is 10.0 Å². The van der Waals surface area contributed by atoms with Gasteiger partial charge in [-0.15, -0.1) is 24.0 Å². The Bertz CT molecular complexity index is 905. The van der Waals surface area contributed by atoms with Crippen molar-refractivity contribution in [3.63, 3.8) is 0 Å². The van der Waals surface area contributed by atoms with Crippen LogP contribution in [0, 0.1) is 0 Å². The Kier molecular flexibility index (Phi) is 9.38. The molecule has 0 aromatic heterocycles. The van der Waals surface area contributed by atoms with Gasteiger partial charge in [0.1, 0.15) is 0 Å². The van der Waals surface area contributed by atoms with E-state index in [0.29, 0.717) is 5.56 Å². The second-order valence-electron chi connectivity index (χ2n) is 6.38. The van der Waals surface area contributed by atoms with Crippen molar-refractivity contribution in [2.45, 2.75) is 38.1 Å². The number of nitrogens with one attached hydrogen (secondary N) is 1. The minimum absolute atomic E-state index is 0. The van der Waals surface area contributed by atoms with E-state index in [1.807, 2.05) is 6.07 Å². The van der Waals surface area contributed by atoms with Crippen LogP contribution < -0.4 is 11.1 Å². The molecule has 0 saturated heterocycles. The minimum atomic E-state index is -3.53. The third kappa shape index (κ3) is 5.68. The molecule has 0 fully saturated rings. The second-order valence-corrected chi connectivity index (χ2v) is 8.50. The molecule has 2 rings (SSSR count). The van der Waals surface area contributed by atoms with Gasteiger partial charge in [-0.3, -0.25) is 0 Å². The number of benzene rings is 2. The molecule has 3 N–H and O–H groups in total. The maximum Gasteiger partial charge on any atom is 0.242 e. The molecule has 0 spiro atoms. The zero-order valence-corrected chi connectivity index (χ0v) is 19.9. The third-order valence-electron chi connectivity index (χ3n) is 4.40. The minimum Gasteiger partial charge on any atom is -0.370 e. The van der Waals surface area contributed by atoms with Gasteiger partial charge in [-0.2, -0.15) is 0 Å². The van der Waals surface area contributed by atoms with Crippen LogP contribution in [0.15, 0.2) is 52.4 Å². The Balaban J connectivity index is 0.00000392. The van der Waals surface area contributed by atoms with Gasteiger partial charge in [-0.1, -0.05) is 50.2 Å². The molecule has 0 aliphatic carbocycles. The van der Waals surface area contributed by atoms with E-state index in [1.54, 1.807) is 24.3 Å². The van der Waals surface area contributed by atoms with Crippen LogP contribution in [0.5, 0.6) is 0 Å². The number of nitrogens with zero attached hydrogens (tertiary/aromatic N) is 2.